The van der Waals surface area contributed by atoms with E-state index in [9.17, 15) is 19.7 Å². The minimum Gasteiger partial charge on any atom is -0.493 e. The molecule has 4 rings (SSSR count). The first-order valence-electron chi connectivity index (χ1n) is 10.2. The summed E-state index contributed by atoms with van der Waals surface area (Å²) in [6.45, 7) is 0. The molecule has 11 heteroatoms. The first kappa shape index (κ1) is 24.2. The van der Waals surface area contributed by atoms with Crippen molar-refractivity contribution in [3.8, 4) is 11.5 Å². The number of ether oxygens (including phenoxy) is 2. The second-order valence-electron chi connectivity index (χ2n) is 7.20. The van der Waals surface area contributed by atoms with Gasteiger partial charge in [-0.05, 0) is 48.5 Å². The fourth-order valence-electron chi connectivity index (χ4n) is 3.20. The van der Waals surface area contributed by atoms with Crippen molar-refractivity contribution in [3.63, 3.8) is 0 Å². The van der Waals surface area contributed by atoms with Gasteiger partial charge in [0.2, 0.25) is 0 Å². The zero-order valence-corrected chi connectivity index (χ0v) is 20.3. The molecule has 3 aromatic carbocycles. The number of fused-ring (bicyclic) bond motifs is 1. The average molecular weight is 510 g/mol. The number of carbonyl (C=O) groups excluding carboxylic acids is 2. The first-order valence-corrected chi connectivity index (χ1v) is 12.0. The van der Waals surface area contributed by atoms with Gasteiger partial charge < -0.3 is 14.8 Å². The maximum atomic E-state index is 12.7. The van der Waals surface area contributed by atoms with E-state index in [2.05, 4.69) is 10.3 Å². The third-order valence-corrected chi connectivity index (χ3v) is 7.16. The van der Waals surface area contributed by atoms with Gasteiger partial charge in [-0.25, -0.2) is 4.98 Å². The predicted molar refractivity (Wildman–Crippen MR) is 135 cm³/mol. The topological polar surface area (TPSA) is 121 Å². The van der Waals surface area contributed by atoms with Gasteiger partial charge in [0.05, 0.1) is 35.1 Å². The van der Waals surface area contributed by atoms with Crippen molar-refractivity contribution in [2.75, 3.05) is 25.3 Å². The molecule has 1 aromatic heterocycles. The second kappa shape index (κ2) is 10.5. The van der Waals surface area contributed by atoms with E-state index in [0.29, 0.717) is 32.7 Å². The number of ketones is 1. The van der Waals surface area contributed by atoms with Gasteiger partial charge in [0, 0.05) is 28.9 Å². The van der Waals surface area contributed by atoms with E-state index in [1.807, 2.05) is 6.07 Å². The van der Waals surface area contributed by atoms with E-state index in [0.717, 1.165) is 10.2 Å². The molecular formula is C24H19N3O6S2. The van der Waals surface area contributed by atoms with Crippen LogP contribution in [0.1, 0.15) is 20.7 Å². The van der Waals surface area contributed by atoms with Crippen LogP contribution in [-0.4, -0.2) is 41.6 Å². The third-order valence-electron chi connectivity index (χ3n) is 5.00. The van der Waals surface area contributed by atoms with Gasteiger partial charge in [-0.3, -0.25) is 19.7 Å². The summed E-state index contributed by atoms with van der Waals surface area (Å²) in [5.41, 5.74) is 2.13. The fraction of sp³-hybridized carbons (Fsp3) is 0.125. The number of non-ortho nitro benzene ring substituents is 1. The molecule has 1 heterocycles. The smallest absolute Gasteiger partial charge is 0.269 e. The Hall–Kier alpha value is -3.96. The Balaban J connectivity index is 1.42. The largest absolute Gasteiger partial charge is 0.493 e. The molecule has 0 radical (unpaired) electrons. The van der Waals surface area contributed by atoms with E-state index in [-0.39, 0.29) is 23.1 Å². The van der Waals surface area contributed by atoms with E-state index < -0.39 is 4.92 Å². The minimum absolute atomic E-state index is 0.0607. The number of nitrogens with zero attached hydrogens (tertiary/aromatic N) is 2. The monoisotopic (exact) mass is 509 g/mol. The summed E-state index contributed by atoms with van der Waals surface area (Å²) in [4.78, 5) is 39.9. The molecule has 0 aliphatic rings. The molecule has 0 fully saturated rings. The lowest BCUT2D eigenvalue weighted by Crippen LogP contribution is -2.12. The molecule has 35 heavy (non-hydrogen) atoms. The molecule has 0 saturated carbocycles. The van der Waals surface area contributed by atoms with Crippen molar-refractivity contribution in [1.29, 1.82) is 0 Å². The number of nitro groups is 1. The van der Waals surface area contributed by atoms with Crippen LogP contribution in [0.5, 0.6) is 11.5 Å². The van der Waals surface area contributed by atoms with E-state index in [1.54, 1.807) is 30.3 Å². The minimum atomic E-state index is -0.505. The molecule has 4 aromatic rings. The number of amides is 1. The number of hydrogen-bond donors (Lipinski definition) is 1. The molecule has 9 nitrogen and oxygen atoms in total. The Bertz CT molecular complexity index is 1420. The Morgan fingerprint density at radius 3 is 2.40 bits per heavy atom. The number of aromatic nitrogens is 1. The molecule has 0 aliphatic heterocycles. The van der Waals surface area contributed by atoms with Gasteiger partial charge in [0.15, 0.2) is 21.6 Å². The molecule has 0 atom stereocenters. The van der Waals surface area contributed by atoms with Crippen LogP contribution in [0, 0.1) is 10.1 Å². The molecule has 0 unspecified atom stereocenters. The highest BCUT2D eigenvalue weighted by atomic mass is 32.2. The molecule has 1 N–H and O–H groups in total. The van der Waals surface area contributed by atoms with Crippen LogP contribution in [0.2, 0.25) is 0 Å². The lowest BCUT2D eigenvalue weighted by atomic mass is 10.1. The SMILES string of the molecule is COc1ccc(C(=O)Nc2ccc3nc(SCC(=O)c4ccc([N+](=O)[O-])cc4)sc3c2)cc1OC. The van der Waals surface area contributed by atoms with Gasteiger partial charge in [0.1, 0.15) is 0 Å². The number of methoxy groups -OCH3 is 2. The number of anilines is 1. The van der Waals surface area contributed by atoms with Crippen molar-refractivity contribution in [2.45, 2.75) is 4.34 Å². The summed E-state index contributed by atoms with van der Waals surface area (Å²) in [5.74, 6) is 0.709. The number of benzene rings is 3. The number of hydrogen-bond acceptors (Lipinski definition) is 9. The summed E-state index contributed by atoms with van der Waals surface area (Å²) in [6.07, 6.45) is 0. The van der Waals surface area contributed by atoms with E-state index in [4.69, 9.17) is 9.47 Å². The van der Waals surface area contributed by atoms with Crippen molar-refractivity contribution >= 4 is 56.4 Å². The first-order chi connectivity index (χ1) is 16.9. The Morgan fingerprint density at radius 1 is 1.00 bits per heavy atom. The molecule has 178 valence electrons. The maximum absolute atomic E-state index is 12.7. The molecule has 0 spiro atoms. The van der Waals surface area contributed by atoms with Crippen molar-refractivity contribution < 1.29 is 24.0 Å². The number of nitro benzene ring substituents is 1. The zero-order valence-electron chi connectivity index (χ0n) is 18.6. The van der Waals surface area contributed by atoms with Gasteiger partial charge >= 0.3 is 0 Å². The zero-order chi connectivity index (χ0) is 24.9. The molecule has 0 aliphatic carbocycles. The molecular weight excluding hydrogens is 490 g/mol. The third kappa shape index (κ3) is 5.58. The van der Waals surface area contributed by atoms with Crippen molar-refractivity contribution in [3.05, 3.63) is 81.9 Å². The van der Waals surface area contributed by atoms with Crippen LogP contribution in [0.4, 0.5) is 11.4 Å². The van der Waals surface area contributed by atoms with Gasteiger partial charge in [0.25, 0.3) is 11.6 Å². The lowest BCUT2D eigenvalue weighted by molar-refractivity contribution is -0.384. The maximum Gasteiger partial charge on any atom is 0.269 e. The number of rotatable bonds is 9. The number of carbonyl (C=O) groups is 2. The fourth-order valence-corrected chi connectivity index (χ4v) is 5.21. The van der Waals surface area contributed by atoms with Crippen molar-refractivity contribution in [2.24, 2.45) is 0 Å². The van der Waals surface area contributed by atoms with Crippen LogP contribution < -0.4 is 14.8 Å². The average Bonchev–Trinajstić information content (AvgIpc) is 3.29. The van der Waals surface area contributed by atoms with E-state index in [1.165, 1.54) is 61.6 Å². The lowest BCUT2D eigenvalue weighted by Gasteiger charge is -2.10. The Kier molecular flexibility index (Phi) is 7.28. The normalized spacial score (nSPS) is 10.7. The standard InChI is InChI=1S/C24H19N3O6S2/c1-32-20-10-5-15(11-21(20)33-2)23(29)25-16-6-9-18-22(12-16)35-24(26-18)34-13-19(28)14-3-7-17(8-4-14)27(30)31/h3-12H,13H2,1-2H3,(H,25,29). The van der Waals surface area contributed by atoms with Crippen LogP contribution in [0.3, 0.4) is 0 Å². The van der Waals surface area contributed by atoms with Crippen molar-refractivity contribution in [1.82, 2.24) is 4.98 Å². The summed E-state index contributed by atoms with van der Waals surface area (Å²) in [5, 5.41) is 13.6. The number of nitrogens with one attached hydrogen (secondary N) is 1. The summed E-state index contributed by atoms with van der Waals surface area (Å²) >= 11 is 2.71. The molecule has 0 bridgehead atoms. The number of Topliss-reactive ketones (excluding diaryl/α,β-unsaturated/α-hetero) is 1. The van der Waals surface area contributed by atoms with Gasteiger partial charge in [-0.1, -0.05) is 11.8 Å². The van der Waals surface area contributed by atoms with Crippen LogP contribution in [-0.2, 0) is 0 Å². The highest BCUT2D eigenvalue weighted by Crippen LogP contribution is 2.32. The quantitative estimate of drug-likeness (QED) is 0.137. The second-order valence-corrected chi connectivity index (χ2v) is 9.46. The number of thiazole rings is 1. The van der Waals surface area contributed by atoms with Crippen LogP contribution in [0.15, 0.2) is 65.0 Å². The molecule has 0 saturated heterocycles. The summed E-state index contributed by atoms with van der Waals surface area (Å²) < 4.78 is 12.0. The molecule has 1 amide bonds. The predicted octanol–water partition coefficient (Wildman–Crippen LogP) is 5.45. The summed E-state index contributed by atoms with van der Waals surface area (Å²) in [6, 6.07) is 15.8. The van der Waals surface area contributed by atoms with Gasteiger partial charge in [-0.15, -0.1) is 11.3 Å². The van der Waals surface area contributed by atoms with Gasteiger partial charge in [-0.2, -0.15) is 0 Å². The van der Waals surface area contributed by atoms with Crippen LogP contribution >= 0.6 is 23.1 Å². The van der Waals surface area contributed by atoms with Crippen LogP contribution in [0.25, 0.3) is 10.2 Å². The Morgan fingerprint density at radius 2 is 1.71 bits per heavy atom. The van der Waals surface area contributed by atoms with E-state index >= 15 is 0 Å². The highest BCUT2D eigenvalue weighted by molar-refractivity contribution is 8.01. The number of thioether (sulfide) groups is 1. The summed E-state index contributed by atoms with van der Waals surface area (Å²) in [7, 11) is 3.03. The highest BCUT2D eigenvalue weighted by Gasteiger charge is 2.14. The Labute approximate surface area is 208 Å².